The molecule has 18 heavy (non-hydrogen) atoms. The third kappa shape index (κ3) is 3.15. The molecular weight excluding hydrogens is 233 g/mol. The van der Waals surface area contributed by atoms with Gasteiger partial charge >= 0.3 is 0 Å². The molecule has 0 aliphatic carbocycles. The SMILES string of the molecule is Cc1cnc(CNCc2cc(F)cc(C#N)c2)o1. The highest BCUT2D eigenvalue weighted by atomic mass is 19.1. The topological polar surface area (TPSA) is 61.9 Å². The Morgan fingerprint density at radius 3 is 2.89 bits per heavy atom. The fourth-order valence-electron chi connectivity index (χ4n) is 1.61. The number of hydrogen-bond acceptors (Lipinski definition) is 4. The summed E-state index contributed by atoms with van der Waals surface area (Å²) in [5.74, 6) is 0.937. The van der Waals surface area contributed by atoms with Crippen molar-refractivity contribution in [3.8, 4) is 6.07 Å². The van der Waals surface area contributed by atoms with Crippen molar-refractivity contribution in [2.24, 2.45) is 0 Å². The molecule has 0 aliphatic heterocycles. The molecule has 0 bridgehead atoms. The van der Waals surface area contributed by atoms with Gasteiger partial charge < -0.3 is 9.73 Å². The average molecular weight is 245 g/mol. The molecule has 2 aromatic rings. The van der Waals surface area contributed by atoms with Crippen LogP contribution in [0.2, 0.25) is 0 Å². The predicted octanol–water partition coefficient (Wildman–Crippen LogP) is 2.28. The summed E-state index contributed by atoms with van der Waals surface area (Å²) < 4.78 is 18.4. The summed E-state index contributed by atoms with van der Waals surface area (Å²) >= 11 is 0. The van der Waals surface area contributed by atoms with Gasteiger partial charge in [0.2, 0.25) is 5.89 Å². The Balaban J connectivity index is 1.94. The smallest absolute Gasteiger partial charge is 0.208 e. The molecule has 0 unspecified atom stereocenters. The second-order valence-electron chi connectivity index (χ2n) is 3.93. The fraction of sp³-hybridized carbons (Fsp3) is 0.231. The molecule has 0 saturated heterocycles. The molecule has 1 heterocycles. The highest BCUT2D eigenvalue weighted by Gasteiger charge is 2.02. The highest BCUT2D eigenvalue weighted by molar-refractivity contribution is 5.33. The van der Waals surface area contributed by atoms with Crippen molar-refractivity contribution in [2.75, 3.05) is 0 Å². The molecule has 0 aliphatic rings. The molecule has 2 rings (SSSR count). The molecule has 0 amide bonds. The van der Waals surface area contributed by atoms with Crippen molar-refractivity contribution < 1.29 is 8.81 Å². The Morgan fingerprint density at radius 2 is 2.22 bits per heavy atom. The molecule has 1 N–H and O–H groups in total. The largest absolute Gasteiger partial charge is 0.445 e. The molecule has 1 aromatic heterocycles. The summed E-state index contributed by atoms with van der Waals surface area (Å²) in [4.78, 5) is 4.04. The molecule has 0 radical (unpaired) electrons. The van der Waals surface area contributed by atoms with Crippen molar-refractivity contribution in [3.05, 3.63) is 53.0 Å². The zero-order valence-electron chi connectivity index (χ0n) is 9.90. The van der Waals surface area contributed by atoms with Crippen LogP contribution in [0.3, 0.4) is 0 Å². The van der Waals surface area contributed by atoms with Crippen molar-refractivity contribution in [1.29, 1.82) is 5.26 Å². The van der Waals surface area contributed by atoms with Gasteiger partial charge in [-0.05, 0) is 30.7 Å². The van der Waals surface area contributed by atoms with E-state index >= 15 is 0 Å². The van der Waals surface area contributed by atoms with E-state index in [2.05, 4.69) is 10.3 Å². The van der Waals surface area contributed by atoms with Crippen LogP contribution in [0, 0.1) is 24.1 Å². The Hall–Kier alpha value is -2.19. The minimum Gasteiger partial charge on any atom is -0.445 e. The van der Waals surface area contributed by atoms with Crippen LogP contribution >= 0.6 is 0 Å². The van der Waals surface area contributed by atoms with Gasteiger partial charge in [-0.3, -0.25) is 0 Å². The normalized spacial score (nSPS) is 10.3. The first-order chi connectivity index (χ1) is 8.67. The van der Waals surface area contributed by atoms with Crippen LogP contribution < -0.4 is 5.32 Å². The monoisotopic (exact) mass is 245 g/mol. The number of rotatable bonds is 4. The van der Waals surface area contributed by atoms with E-state index in [9.17, 15) is 4.39 Å². The van der Waals surface area contributed by atoms with Crippen LogP contribution in [-0.2, 0) is 13.1 Å². The molecule has 0 fully saturated rings. The first-order valence-electron chi connectivity index (χ1n) is 5.49. The lowest BCUT2D eigenvalue weighted by Crippen LogP contribution is -2.13. The summed E-state index contributed by atoms with van der Waals surface area (Å²) in [7, 11) is 0. The van der Waals surface area contributed by atoms with Crippen LogP contribution in [0.25, 0.3) is 0 Å². The van der Waals surface area contributed by atoms with E-state index in [0.29, 0.717) is 24.5 Å². The molecule has 1 aromatic carbocycles. The maximum Gasteiger partial charge on any atom is 0.208 e. The number of nitrogens with zero attached hydrogens (tertiary/aromatic N) is 2. The fourth-order valence-corrected chi connectivity index (χ4v) is 1.61. The molecule has 5 heteroatoms. The van der Waals surface area contributed by atoms with Crippen molar-refractivity contribution >= 4 is 0 Å². The number of nitrogens with one attached hydrogen (secondary N) is 1. The number of nitriles is 1. The average Bonchev–Trinajstić information content (AvgIpc) is 2.74. The summed E-state index contributed by atoms with van der Waals surface area (Å²) in [6.07, 6.45) is 1.65. The van der Waals surface area contributed by atoms with Gasteiger partial charge in [-0.15, -0.1) is 0 Å². The lowest BCUT2D eigenvalue weighted by Gasteiger charge is -2.03. The molecule has 0 spiro atoms. The summed E-state index contributed by atoms with van der Waals surface area (Å²) in [6, 6.07) is 6.18. The Bertz CT molecular complexity index is 586. The number of halogens is 1. The van der Waals surface area contributed by atoms with Crippen LogP contribution in [0.15, 0.2) is 28.8 Å². The second kappa shape index (κ2) is 5.43. The number of aromatic nitrogens is 1. The van der Waals surface area contributed by atoms with E-state index < -0.39 is 5.82 Å². The van der Waals surface area contributed by atoms with Crippen molar-refractivity contribution in [2.45, 2.75) is 20.0 Å². The maximum absolute atomic E-state index is 13.2. The standard InChI is InChI=1S/C13H12FN3O/c1-9-6-17-13(18-9)8-16-7-11-2-10(5-15)3-12(14)4-11/h2-4,6,16H,7-8H2,1H3. The quantitative estimate of drug-likeness (QED) is 0.897. The molecule has 0 atom stereocenters. The van der Waals surface area contributed by atoms with Gasteiger partial charge in [0, 0.05) is 6.54 Å². The van der Waals surface area contributed by atoms with Crippen LogP contribution in [0.4, 0.5) is 4.39 Å². The summed E-state index contributed by atoms with van der Waals surface area (Å²) in [5, 5.41) is 11.8. The minimum absolute atomic E-state index is 0.318. The van der Waals surface area contributed by atoms with Gasteiger partial charge in [0.15, 0.2) is 0 Å². The Kier molecular flexibility index (Phi) is 3.70. The lowest BCUT2D eigenvalue weighted by atomic mass is 10.1. The van der Waals surface area contributed by atoms with E-state index in [1.807, 2.05) is 13.0 Å². The Morgan fingerprint density at radius 1 is 1.39 bits per heavy atom. The van der Waals surface area contributed by atoms with E-state index in [-0.39, 0.29) is 0 Å². The van der Waals surface area contributed by atoms with Gasteiger partial charge in [0.1, 0.15) is 11.6 Å². The number of hydrogen-bond donors (Lipinski definition) is 1. The Labute approximate surface area is 104 Å². The molecular formula is C13H12FN3O. The lowest BCUT2D eigenvalue weighted by molar-refractivity contribution is 0.449. The number of aryl methyl sites for hydroxylation is 1. The van der Waals surface area contributed by atoms with E-state index in [4.69, 9.17) is 9.68 Å². The van der Waals surface area contributed by atoms with Gasteiger partial charge in [-0.25, -0.2) is 9.37 Å². The summed E-state index contributed by atoms with van der Waals surface area (Å²) in [5.41, 5.74) is 1.04. The first kappa shape index (κ1) is 12.3. The van der Waals surface area contributed by atoms with Crippen molar-refractivity contribution in [1.82, 2.24) is 10.3 Å². The van der Waals surface area contributed by atoms with Crippen LogP contribution in [0.5, 0.6) is 0 Å². The van der Waals surface area contributed by atoms with Gasteiger partial charge in [-0.2, -0.15) is 5.26 Å². The molecule has 92 valence electrons. The number of oxazole rings is 1. The summed E-state index contributed by atoms with van der Waals surface area (Å²) in [6.45, 7) is 2.74. The van der Waals surface area contributed by atoms with E-state index in [1.54, 1.807) is 12.3 Å². The third-order valence-electron chi connectivity index (χ3n) is 2.36. The van der Waals surface area contributed by atoms with Crippen LogP contribution in [0.1, 0.15) is 22.8 Å². The molecule has 4 nitrogen and oxygen atoms in total. The van der Waals surface area contributed by atoms with Gasteiger partial charge in [-0.1, -0.05) is 0 Å². The van der Waals surface area contributed by atoms with Crippen molar-refractivity contribution in [3.63, 3.8) is 0 Å². The van der Waals surface area contributed by atoms with E-state index in [1.165, 1.54) is 12.1 Å². The van der Waals surface area contributed by atoms with E-state index in [0.717, 1.165) is 11.3 Å². The first-order valence-corrected chi connectivity index (χ1v) is 5.49. The van der Waals surface area contributed by atoms with Gasteiger partial charge in [0.05, 0.1) is 24.4 Å². The minimum atomic E-state index is -0.405. The number of benzene rings is 1. The maximum atomic E-state index is 13.2. The van der Waals surface area contributed by atoms with Crippen LogP contribution in [-0.4, -0.2) is 4.98 Å². The third-order valence-corrected chi connectivity index (χ3v) is 2.36. The predicted molar refractivity (Wildman–Crippen MR) is 62.9 cm³/mol. The second-order valence-corrected chi connectivity index (χ2v) is 3.93. The molecule has 0 saturated carbocycles. The zero-order valence-corrected chi connectivity index (χ0v) is 9.90. The zero-order chi connectivity index (χ0) is 13.0. The highest BCUT2D eigenvalue weighted by Crippen LogP contribution is 2.09. The van der Waals surface area contributed by atoms with Gasteiger partial charge in [0.25, 0.3) is 0 Å².